The normalized spacial score (nSPS) is 24.2. The number of hydrogen-bond donors (Lipinski definition) is 3. The van der Waals surface area contributed by atoms with Gasteiger partial charge in [0.05, 0.1) is 11.2 Å². The summed E-state index contributed by atoms with van der Waals surface area (Å²) in [5.41, 5.74) is 2.75. The van der Waals surface area contributed by atoms with Crippen molar-refractivity contribution in [1.29, 1.82) is 0 Å². The second-order valence-electron chi connectivity index (χ2n) is 10.7. The van der Waals surface area contributed by atoms with E-state index >= 15 is 0 Å². The second kappa shape index (κ2) is 11.6. The molecule has 3 aromatic rings. The van der Waals surface area contributed by atoms with Crippen molar-refractivity contribution in [2.24, 2.45) is 17.8 Å². The molecule has 0 aromatic carbocycles. The fourth-order valence-corrected chi connectivity index (χ4v) is 6.48. The fourth-order valence-electron chi connectivity index (χ4n) is 6.48. The smallest absolute Gasteiger partial charge is 0.475 e. The largest absolute Gasteiger partial charge is 0.490 e. The minimum atomic E-state index is -5.08. The van der Waals surface area contributed by atoms with Crippen LogP contribution in [0.3, 0.4) is 0 Å². The van der Waals surface area contributed by atoms with Gasteiger partial charge < -0.3 is 15.5 Å². The molecule has 7 rings (SSSR count). The van der Waals surface area contributed by atoms with E-state index in [0.717, 1.165) is 53.8 Å². The maximum Gasteiger partial charge on any atom is 0.490 e. The van der Waals surface area contributed by atoms with Gasteiger partial charge in [-0.15, -0.1) is 0 Å². The maximum atomic E-state index is 13.4. The number of amides is 1. The summed E-state index contributed by atoms with van der Waals surface area (Å²) >= 11 is 0. The van der Waals surface area contributed by atoms with Crippen LogP contribution in [0.4, 0.5) is 26.3 Å². The van der Waals surface area contributed by atoms with E-state index in [9.17, 15) is 31.1 Å². The molecule has 226 valence electrons. The van der Waals surface area contributed by atoms with Crippen LogP contribution in [0.15, 0.2) is 48.9 Å². The lowest BCUT2D eigenvalue weighted by Crippen LogP contribution is -2.60. The van der Waals surface area contributed by atoms with Crippen LogP contribution >= 0.6 is 0 Å². The first-order chi connectivity index (χ1) is 19.6. The monoisotopic (exact) mass is 600 g/mol. The van der Waals surface area contributed by atoms with Crippen molar-refractivity contribution >= 4 is 23.4 Å². The lowest BCUT2D eigenvalue weighted by molar-refractivity contribution is -0.193. The summed E-state index contributed by atoms with van der Waals surface area (Å²) in [6, 6.07) is 9.84. The number of aliphatic carboxylic acids is 2. The molecule has 42 heavy (non-hydrogen) atoms. The highest BCUT2D eigenvalue weighted by Gasteiger charge is 2.51. The van der Waals surface area contributed by atoms with E-state index < -0.39 is 24.3 Å². The van der Waals surface area contributed by atoms with E-state index in [4.69, 9.17) is 24.8 Å². The summed E-state index contributed by atoms with van der Waals surface area (Å²) in [4.78, 5) is 40.1. The number of carbonyl (C=O) groups is 3. The Labute approximate surface area is 234 Å². The standard InChI is InChI=1S/C23H24N4O.2C2HF3O2/c28-22(26-23-12-15-9-16(13-23)11-17(10-15)14-23)21-25-20(18-4-6-24-7-5-18)19-3-1-2-8-27(19)21;2*3-2(4,5)1(6)7/h1-8,15-17H,9-14H2,(H,26,28);2*(H,6,7). The van der Waals surface area contributed by atoms with Crippen molar-refractivity contribution in [3.05, 3.63) is 54.7 Å². The zero-order valence-corrected chi connectivity index (χ0v) is 21.8. The van der Waals surface area contributed by atoms with Crippen LogP contribution in [0.1, 0.15) is 49.1 Å². The molecule has 4 saturated carbocycles. The zero-order chi connectivity index (χ0) is 30.9. The number of hydrogen-bond acceptors (Lipinski definition) is 5. The van der Waals surface area contributed by atoms with Gasteiger partial charge >= 0.3 is 24.3 Å². The number of aromatic nitrogens is 3. The Morgan fingerprint density at radius 1 is 0.833 bits per heavy atom. The second-order valence-corrected chi connectivity index (χ2v) is 10.7. The van der Waals surface area contributed by atoms with E-state index in [2.05, 4.69) is 10.3 Å². The Hall–Kier alpha value is -4.17. The number of carbonyl (C=O) groups excluding carboxylic acids is 1. The van der Waals surface area contributed by atoms with Crippen LogP contribution in [0, 0.1) is 17.8 Å². The molecule has 0 saturated heterocycles. The van der Waals surface area contributed by atoms with Crippen LogP contribution < -0.4 is 5.32 Å². The molecule has 15 heteroatoms. The van der Waals surface area contributed by atoms with Crippen molar-refractivity contribution < 1.29 is 50.9 Å². The Morgan fingerprint density at radius 3 is 1.76 bits per heavy atom. The average molecular weight is 601 g/mol. The van der Waals surface area contributed by atoms with Gasteiger partial charge in [-0.05, 0) is 80.5 Å². The summed E-state index contributed by atoms with van der Waals surface area (Å²) in [5.74, 6) is -2.66. The van der Waals surface area contributed by atoms with Gasteiger partial charge in [-0.1, -0.05) is 6.07 Å². The lowest BCUT2D eigenvalue weighted by Gasteiger charge is -2.56. The number of imidazole rings is 1. The third-order valence-corrected chi connectivity index (χ3v) is 7.61. The summed E-state index contributed by atoms with van der Waals surface area (Å²) < 4.78 is 65.4. The molecular weight excluding hydrogens is 574 g/mol. The number of carboxylic acids is 2. The molecule has 3 heterocycles. The molecule has 9 nitrogen and oxygen atoms in total. The number of halogens is 6. The summed E-state index contributed by atoms with van der Waals surface area (Å²) in [6.45, 7) is 0. The van der Waals surface area contributed by atoms with Gasteiger partial charge in [0.2, 0.25) is 5.82 Å². The Bertz CT molecular complexity index is 1400. The third-order valence-electron chi connectivity index (χ3n) is 7.61. The van der Waals surface area contributed by atoms with Crippen LogP contribution in [0.5, 0.6) is 0 Å². The van der Waals surface area contributed by atoms with Crippen molar-refractivity contribution in [1.82, 2.24) is 19.7 Å². The highest BCUT2D eigenvalue weighted by atomic mass is 19.4. The van der Waals surface area contributed by atoms with E-state index in [1.807, 2.05) is 40.9 Å². The van der Waals surface area contributed by atoms with Gasteiger partial charge in [-0.2, -0.15) is 26.3 Å². The third kappa shape index (κ3) is 6.99. The Balaban J connectivity index is 0.000000243. The Morgan fingerprint density at radius 2 is 1.31 bits per heavy atom. The van der Waals surface area contributed by atoms with Crippen LogP contribution in [-0.4, -0.2) is 60.3 Å². The highest BCUT2D eigenvalue weighted by Crippen LogP contribution is 2.55. The van der Waals surface area contributed by atoms with Gasteiger partial charge in [-0.25, -0.2) is 14.6 Å². The number of alkyl halides is 6. The maximum absolute atomic E-state index is 13.4. The minimum Gasteiger partial charge on any atom is -0.475 e. The summed E-state index contributed by atoms with van der Waals surface area (Å²) in [6.07, 6.45) is 2.83. The molecular formula is C27H26F6N4O5. The SMILES string of the molecule is O=C(NC12CC3CC(CC(C3)C1)C2)c1nc(-c2ccncc2)c2ccccn12.O=C(O)C(F)(F)F.O=C(O)C(F)(F)F. The first-order valence-electron chi connectivity index (χ1n) is 12.9. The average Bonchev–Trinajstić information content (AvgIpc) is 3.28. The number of pyridine rings is 2. The highest BCUT2D eigenvalue weighted by molar-refractivity contribution is 5.95. The van der Waals surface area contributed by atoms with Crippen molar-refractivity contribution in [2.75, 3.05) is 0 Å². The number of carboxylic acid groups (broad SMARTS) is 2. The van der Waals surface area contributed by atoms with E-state index in [0.29, 0.717) is 5.82 Å². The van der Waals surface area contributed by atoms with Crippen molar-refractivity contribution in [3.63, 3.8) is 0 Å². The summed E-state index contributed by atoms with van der Waals surface area (Å²) in [7, 11) is 0. The number of nitrogens with one attached hydrogen (secondary N) is 1. The lowest BCUT2D eigenvalue weighted by atomic mass is 9.53. The Kier molecular flexibility index (Phi) is 8.51. The van der Waals surface area contributed by atoms with Crippen LogP contribution in [0.2, 0.25) is 0 Å². The molecule has 0 unspecified atom stereocenters. The molecule has 1 amide bonds. The number of fused-ring (bicyclic) bond motifs is 1. The van der Waals surface area contributed by atoms with Crippen LogP contribution in [0.25, 0.3) is 16.8 Å². The molecule has 0 aliphatic heterocycles. The molecule has 3 N–H and O–H groups in total. The molecule has 0 atom stereocenters. The van der Waals surface area contributed by atoms with E-state index in [-0.39, 0.29) is 11.4 Å². The first-order valence-corrected chi connectivity index (χ1v) is 12.9. The van der Waals surface area contributed by atoms with E-state index in [1.54, 1.807) is 12.4 Å². The predicted molar refractivity (Wildman–Crippen MR) is 134 cm³/mol. The van der Waals surface area contributed by atoms with Gasteiger partial charge in [-0.3, -0.25) is 14.2 Å². The molecule has 4 bridgehead atoms. The van der Waals surface area contributed by atoms with Crippen molar-refractivity contribution in [3.8, 4) is 11.3 Å². The van der Waals surface area contributed by atoms with Crippen molar-refractivity contribution in [2.45, 2.75) is 56.4 Å². The van der Waals surface area contributed by atoms with Gasteiger partial charge in [0.15, 0.2) is 0 Å². The fraction of sp³-hybridized carbons (Fsp3) is 0.444. The first kappa shape index (κ1) is 30.8. The van der Waals surface area contributed by atoms with Gasteiger partial charge in [0.1, 0.15) is 0 Å². The molecule has 4 aliphatic rings. The number of nitrogens with zero attached hydrogens (tertiary/aromatic N) is 3. The zero-order valence-electron chi connectivity index (χ0n) is 21.8. The van der Waals surface area contributed by atoms with Gasteiger partial charge in [0, 0.05) is 29.7 Å². The minimum absolute atomic E-state index is 0.0106. The molecule has 0 spiro atoms. The van der Waals surface area contributed by atoms with E-state index in [1.165, 1.54) is 19.3 Å². The quantitative estimate of drug-likeness (QED) is 0.345. The van der Waals surface area contributed by atoms with Crippen LogP contribution in [-0.2, 0) is 9.59 Å². The predicted octanol–water partition coefficient (Wildman–Crippen LogP) is 5.36. The number of rotatable bonds is 3. The molecule has 4 aliphatic carbocycles. The molecule has 3 aromatic heterocycles. The van der Waals surface area contributed by atoms with Gasteiger partial charge in [0.25, 0.3) is 5.91 Å². The molecule has 4 fully saturated rings. The topological polar surface area (TPSA) is 134 Å². The molecule has 0 radical (unpaired) electrons. The summed E-state index contributed by atoms with van der Waals surface area (Å²) in [5, 5.41) is 17.7.